The van der Waals surface area contributed by atoms with Gasteiger partial charge >= 0.3 is 0 Å². The largest absolute Gasteiger partial charge is 0.459 e. The Balaban J connectivity index is 1.78. The summed E-state index contributed by atoms with van der Waals surface area (Å²) in [6.07, 6.45) is 4.47. The molecule has 0 spiro atoms. The summed E-state index contributed by atoms with van der Waals surface area (Å²) in [5, 5.41) is 3.06. The maximum atomic E-state index is 12.8. The van der Waals surface area contributed by atoms with Crippen molar-refractivity contribution in [1.29, 1.82) is 0 Å². The molecule has 2 atom stereocenters. The lowest BCUT2D eigenvalue weighted by atomic mass is 10.1. The highest BCUT2D eigenvalue weighted by atomic mass is 32.2. The van der Waals surface area contributed by atoms with E-state index in [2.05, 4.69) is 19.2 Å². The standard InChI is InChI=1S/C16H22N2O3S/c1-10(2)8-14-18(16(20)13-4-3-7-21-13)12(9-22-14)15(19)17-11-5-6-11/h3-4,7,10-12,14H,5-6,8-9H2,1-2H3,(H,17,19). The summed E-state index contributed by atoms with van der Waals surface area (Å²) < 4.78 is 5.25. The lowest BCUT2D eigenvalue weighted by molar-refractivity contribution is -0.125. The lowest BCUT2D eigenvalue weighted by Gasteiger charge is -2.29. The summed E-state index contributed by atoms with van der Waals surface area (Å²) >= 11 is 1.69. The molecule has 1 aromatic rings. The Labute approximate surface area is 134 Å². The van der Waals surface area contributed by atoms with Crippen molar-refractivity contribution in [1.82, 2.24) is 10.2 Å². The van der Waals surface area contributed by atoms with Crippen LogP contribution in [0.4, 0.5) is 0 Å². The number of furan rings is 1. The van der Waals surface area contributed by atoms with Gasteiger partial charge in [-0.25, -0.2) is 0 Å². The highest BCUT2D eigenvalue weighted by molar-refractivity contribution is 8.00. The fraction of sp³-hybridized carbons (Fsp3) is 0.625. The molecule has 2 heterocycles. The number of nitrogens with zero attached hydrogens (tertiary/aromatic N) is 1. The van der Waals surface area contributed by atoms with E-state index in [1.165, 1.54) is 6.26 Å². The molecule has 1 saturated carbocycles. The molecule has 6 heteroatoms. The summed E-state index contributed by atoms with van der Waals surface area (Å²) in [4.78, 5) is 26.9. The summed E-state index contributed by atoms with van der Waals surface area (Å²) in [7, 11) is 0. The molecule has 5 nitrogen and oxygen atoms in total. The minimum atomic E-state index is -0.396. The summed E-state index contributed by atoms with van der Waals surface area (Å²) in [6.45, 7) is 4.27. The second kappa shape index (κ2) is 6.36. The molecule has 22 heavy (non-hydrogen) atoms. The Morgan fingerprint density at radius 2 is 2.23 bits per heavy atom. The Bertz CT molecular complexity index is 540. The molecule has 2 amide bonds. The van der Waals surface area contributed by atoms with Crippen LogP contribution < -0.4 is 5.32 Å². The maximum Gasteiger partial charge on any atom is 0.291 e. The fourth-order valence-corrected chi connectivity index (χ4v) is 4.32. The number of thioether (sulfide) groups is 1. The van der Waals surface area contributed by atoms with Crippen LogP contribution in [0.5, 0.6) is 0 Å². The molecular weight excluding hydrogens is 300 g/mol. The molecular formula is C16H22N2O3S. The number of amides is 2. The predicted octanol–water partition coefficient (Wildman–Crippen LogP) is 2.49. The van der Waals surface area contributed by atoms with E-state index >= 15 is 0 Å². The molecule has 120 valence electrons. The molecule has 1 aliphatic heterocycles. The van der Waals surface area contributed by atoms with E-state index in [9.17, 15) is 9.59 Å². The Morgan fingerprint density at radius 3 is 2.82 bits per heavy atom. The lowest BCUT2D eigenvalue weighted by Crippen LogP contribution is -2.50. The average molecular weight is 322 g/mol. The first-order valence-corrected chi connectivity index (χ1v) is 8.89. The van der Waals surface area contributed by atoms with Gasteiger partial charge in [-0.3, -0.25) is 9.59 Å². The fourth-order valence-electron chi connectivity index (χ4n) is 2.68. The van der Waals surface area contributed by atoms with E-state index in [-0.39, 0.29) is 17.2 Å². The number of carbonyl (C=O) groups excluding carboxylic acids is 2. The van der Waals surface area contributed by atoms with Gasteiger partial charge in [0.05, 0.1) is 11.6 Å². The second-order valence-electron chi connectivity index (χ2n) is 6.41. The van der Waals surface area contributed by atoms with E-state index in [1.54, 1.807) is 28.8 Å². The van der Waals surface area contributed by atoms with Crippen LogP contribution >= 0.6 is 11.8 Å². The van der Waals surface area contributed by atoms with Crippen molar-refractivity contribution in [2.75, 3.05) is 5.75 Å². The minimum absolute atomic E-state index is 0.0267. The molecule has 2 fully saturated rings. The first kappa shape index (κ1) is 15.5. The molecule has 2 unspecified atom stereocenters. The SMILES string of the molecule is CC(C)CC1SCC(C(=O)NC2CC2)N1C(=O)c1ccco1. The Hall–Kier alpha value is -1.43. The van der Waals surface area contributed by atoms with Crippen LogP contribution in [0.3, 0.4) is 0 Å². The minimum Gasteiger partial charge on any atom is -0.459 e. The van der Waals surface area contributed by atoms with Crippen LogP contribution in [0.1, 0.15) is 43.7 Å². The molecule has 0 aromatic carbocycles. The molecule has 1 aliphatic carbocycles. The van der Waals surface area contributed by atoms with Crippen LogP contribution in [0.25, 0.3) is 0 Å². The monoisotopic (exact) mass is 322 g/mol. The van der Waals surface area contributed by atoms with Crippen molar-refractivity contribution < 1.29 is 14.0 Å². The highest BCUT2D eigenvalue weighted by Gasteiger charge is 2.43. The summed E-state index contributed by atoms with van der Waals surface area (Å²) in [5.74, 6) is 1.22. The molecule has 3 rings (SSSR count). The third-order valence-electron chi connectivity index (χ3n) is 3.96. The first-order valence-electron chi connectivity index (χ1n) is 7.84. The average Bonchev–Trinajstić information content (AvgIpc) is 2.98. The van der Waals surface area contributed by atoms with Gasteiger partial charge in [0.1, 0.15) is 6.04 Å². The topological polar surface area (TPSA) is 62.6 Å². The van der Waals surface area contributed by atoms with Gasteiger partial charge in [-0.05, 0) is 37.3 Å². The maximum absolute atomic E-state index is 12.8. The van der Waals surface area contributed by atoms with Crippen molar-refractivity contribution in [3.05, 3.63) is 24.2 Å². The van der Waals surface area contributed by atoms with Crippen molar-refractivity contribution >= 4 is 23.6 Å². The van der Waals surface area contributed by atoms with E-state index < -0.39 is 6.04 Å². The Kier molecular flexibility index (Phi) is 4.47. The van der Waals surface area contributed by atoms with Gasteiger partial charge in [0.25, 0.3) is 5.91 Å². The number of rotatable bonds is 5. The molecule has 0 radical (unpaired) electrons. The quantitative estimate of drug-likeness (QED) is 0.905. The van der Waals surface area contributed by atoms with Gasteiger partial charge in [-0.2, -0.15) is 0 Å². The van der Waals surface area contributed by atoms with Crippen LogP contribution in [0.2, 0.25) is 0 Å². The van der Waals surface area contributed by atoms with E-state index in [0.29, 0.717) is 23.5 Å². The van der Waals surface area contributed by atoms with E-state index in [0.717, 1.165) is 19.3 Å². The van der Waals surface area contributed by atoms with E-state index in [1.807, 2.05) is 0 Å². The summed E-state index contributed by atoms with van der Waals surface area (Å²) in [5.41, 5.74) is 0. The number of hydrogen-bond donors (Lipinski definition) is 1. The van der Waals surface area contributed by atoms with Crippen LogP contribution in [0.15, 0.2) is 22.8 Å². The van der Waals surface area contributed by atoms with Crippen molar-refractivity contribution in [2.45, 2.75) is 50.6 Å². The zero-order valence-electron chi connectivity index (χ0n) is 13.0. The first-order chi connectivity index (χ1) is 10.6. The number of nitrogens with one attached hydrogen (secondary N) is 1. The van der Waals surface area contributed by atoms with Gasteiger partial charge in [0, 0.05) is 11.8 Å². The summed E-state index contributed by atoms with van der Waals surface area (Å²) in [6, 6.07) is 3.27. The van der Waals surface area contributed by atoms with Gasteiger partial charge in [0.15, 0.2) is 5.76 Å². The zero-order chi connectivity index (χ0) is 15.7. The highest BCUT2D eigenvalue weighted by Crippen LogP contribution is 2.35. The molecule has 1 aromatic heterocycles. The van der Waals surface area contributed by atoms with Gasteiger partial charge in [-0.15, -0.1) is 11.8 Å². The smallest absolute Gasteiger partial charge is 0.291 e. The predicted molar refractivity (Wildman–Crippen MR) is 85.5 cm³/mol. The van der Waals surface area contributed by atoms with Gasteiger partial charge < -0.3 is 14.6 Å². The van der Waals surface area contributed by atoms with Crippen molar-refractivity contribution in [3.8, 4) is 0 Å². The van der Waals surface area contributed by atoms with Crippen LogP contribution in [-0.4, -0.2) is 39.9 Å². The van der Waals surface area contributed by atoms with Gasteiger partial charge in [-0.1, -0.05) is 13.8 Å². The Morgan fingerprint density at radius 1 is 1.45 bits per heavy atom. The third-order valence-corrected chi connectivity index (χ3v) is 5.27. The van der Waals surface area contributed by atoms with E-state index in [4.69, 9.17) is 4.42 Å². The zero-order valence-corrected chi connectivity index (χ0v) is 13.8. The van der Waals surface area contributed by atoms with Crippen molar-refractivity contribution in [3.63, 3.8) is 0 Å². The molecule has 1 N–H and O–H groups in total. The second-order valence-corrected chi connectivity index (χ2v) is 7.62. The molecule has 0 bridgehead atoms. The van der Waals surface area contributed by atoms with Crippen molar-refractivity contribution in [2.24, 2.45) is 5.92 Å². The third kappa shape index (κ3) is 3.32. The van der Waals surface area contributed by atoms with Crippen LogP contribution in [-0.2, 0) is 4.79 Å². The molecule has 1 saturated heterocycles. The molecule has 2 aliphatic rings. The normalized spacial score (nSPS) is 24.8. The van der Waals surface area contributed by atoms with Crippen LogP contribution in [0, 0.1) is 5.92 Å². The van der Waals surface area contributed by atoms with Gasteiger partial charge in [0.2, 0.25) is 5.91 Å². The number of hydrogen-bond acceptors (Lipinski definition) is 4. The number of carbonyl (C=O) groups is 2.